The van der Waals surface area contributed by atoms with Crippen molar-refractivity contribution in [3.63, 3.8) is 0 Å². The lowest BCUT2D eigenvalue weighted by Crippen LogP contribution is -2.43. The monoisotopic (exact) mass is 186 g/mol. The molecule has 0 radical (unpaired) electrons. The Bertz CT molecular complexity index is 179. The van der Waals surface area contributed by atoms with Crippen LogP contribution in [-0.2, 0) is 14.3 Å². The van der Waals surface area contributed by atoms with E-state index in [0.717, 1.165) is 6.42 Å². The van der Waals surface area contributed by atoms with Gasteiger partial charge in [0.25, 0.3) is 0 Å². The lowest BCUT2D eigenvalue weighted by molar-refractivity contribution is -0.175. The average molecular weight is 186 g/mol. The third-order valence-electron chi connectivity index (χ3n) is 2.48. The molecule has 0 bridgehead atoms. The standard InChI is InChI=1S/C10H18O3/c1-6-5-7(2)12-8(3)10(6)13-9(4)11/h6-8,10H,5H2,1-4H3. The van der Waals surface area contributed by atoms with E-state index in [1.165, 1.54) is 6.92 Å². The summed E-state index contributed by atoms with van der Waals surface area (Å²) in [4.78, 5) is 10.8. The largest absolute Gasteiger partial charge is 0.460 e. The third-order valence-corrected chi connectivity index (χ3v) is 2.48. The minimum atomic E-state index is -0.221. The topological polar surface area (TPSA) is 35.5 Å². The summed E-state index contributed by atoms with van der Waals surface area (Å²) in [6.45, 7) is 7.55. The molecule has 3 heteroatoms. The molecule has 3 nitrogen and oxygen atoms in total. The Morgan fingerprint density at radius 2 is 2.00 bits per heavy atom. The number of rotatable bonds is 1. The van der Waals surface area contributed by atoms with Crippen LogP contribution < -0.4 is 0 Å². The third kappa shape index (κ3) is 2.69. The predicted octanol–water partition coefficient (Wildman–Crippen LogP) is 1.75. The zero-order valence-electron chi connectivity index (χ0n) is 8.74. The van der Waals surface area contributed by atoms with Gasteiger partial charge in [0, 0.05) is 6.92 Å². The summed E-state index contributed by atoms with van der Waals surface area (Å²) in [6.07, 6.45) is 1.18. The van der Waals surface area contributed by atoms with Crippen LogP contribution in [0.15, 0.2) is 0 Å². The summed E-state index contributed by atoms with van der Waals surface area (Å²) in [6, 6.07) is 0. The first-order chi connectivity index (χ1) is 6.00. The van der Waals surface area contributed by atoms with Crippen molar-refractivity contribution >= 4 is 5.97 Å². The maximum absolute atomic E-state index is 10.8. The van der Waals surface area contributed by atoms with E-state index in [4.69, 9.17) is 9.47 Å². The summed E-state index contributed by atoms with van der Waals surface area (Å²) < 4.78 is 10.8. The second-order valence-corrected chi connectivity index (χ2v) is 3.94. The SMILES string of the molecule is CC(=O)OC1C(C)CC(C)OC1C. The summed E-state index contributed by atoms with van der Waals surface area (Å²) in [5.41, 5.74) is 0. The van der Waals surface area contributed by atoms with Crippen LogP contribution in [0, 0.1) is 5.92 Å². The Hall–Kier alpha value is -0.570. The van der Waals surface area contributed by atoms with Crippen LogP contribution in [0.3, 0.4) is 0 Å². The van der Waals surface area contributed by atoms with Crippen LogP contribution in [0.25, 0.3) is 0 Å². The molecule has 0 N–H and O–H groups in total. The fourth-order valence-electron chi connectivity index (χ4n) is 2.02. The Kier molecular flexibility index (Phi) is 3.31. The van der Waals surface area contributed by atoms with Crippen LogP contribution in [-0.4, -0.2) is 24.3 Å². The molecule has 0 aliphatic carbocycles. The molecule has 1 aliphatic rings. The van der Waals surface area contributed by atoms with Crippen molar-refractivity contribution in [2.75, 3.05) is 0 Å². The molecule has 1 saturated heterocycles. The van der Waals surface area contributed by atoms with Gasteiger partial charge in [0.15, 0.2) is 0 Å². The second kappa shape index (κ2) is 4.09. The molecular formula is C10H18O3. The van der Waals surface area contributed by atoms with Crippen molar-refractivity contribution in [3.8, 4) is 0 Å². The number of carbonyl (C=O) groups excluding carboxylic acids is 1. The normalized spacial score (nSPS) is 40.0. The van der Waals surface area contributed by atoms with E-state index < -0.39 is 0 Å². The number of esters is 1. The molecule has 0 aromatic rings. The first-order valence-corrected chi connectivity index (χ1v) is 4.83. The molecule has 4 unspecified atom stereocenters. The smallest absolute Gasteiger partial charge is 0.303 e. The highest BCUT2D eigenvalue weighted by atomic mass is 16.6. The second-order valence-electron chi connectivity index (χ2n) is 3.94. The fourth-order valence-corrected chi connectivity index (χ4v) is 2.02. The molecule has 1 aliphatic heterocycles. The molecule has 1 fully saturated rings. The average Bonchev–Trinajstić information content (AvgIpc) is 1.96. The van der Waals surface area contributed by atoms with Crippen molar-refractivity contribution < 1.29 is 14.3 Å². The number of hydrogen-bond acceptors (Lipinski definition) is 3. The van der Waals surface area contributed by atoms with Gasteiger partial charge in [-0.1, -0.05) is 6.92 Å². The molecule has 76 valence electrons. The minimum absolute atomic E-state index is 0.0163. The van der Waals surface area contributed by atoms with Gasteiger partial charge in [0.05, 0.1) is 12.2 Å². The Morgan fingerprint density at radius 3 is 2.46 bits per heavy atom. The van der Waals surface area contributed by atoms with Crippen LogP contribution in [0.2, 0.25) is 0 Å². The number of hydrogen-bond donors (Lipinski definition) is 0. The van der Waals surface area contributed by atoms with E-state index >= 15 is 0 Å². The summed E-state index contributed by atoms with van der Waals surface area (Å²) in [5.74, 6) is 0.171. The molecule has 0 saturated carbocycles. The lowest BCUT2D eigenvalue weighted by Gasteiger charge is -2.37. The zero-order valence-corrected chi connectivity index (χ0v) is 8.74. The Balaban J connectivity index is 2.56. The maximum atomic E-state index is 10.8. The molecule has 1 rings (SSSR count). The van der Waals surface area contributed by atoms with Gasteiger partial charge in [-0.05, 0) is 26.2 Å². The van der Waals surface area contributed by atoms with Gasteiger partial charge in [-0.3, -0.25) is 4.79 Å². The van der Waals surface area contributed by atoms with Gasteiger partial charge in [0.1, 0.15) is 6.10 Å². The molecule has 0 amide bonds. The molecule has 0 aromatic heterocycles. The molecule has 0 spiro atoms. The first kappa shape index (κ1) is 10.5. The number of carbonyl (C=O) groups is 1. The maximum Gasteiger partial charge on any atom is 0.303 e. The van der Waals surface area contributed by atoms with Crippen molar-refractivity contribution in [1.29, 1.82) is 0 Å². The molecule has 1 heterocycles. The van der Waals surface area contributed by atoms with Crippen LogP contribution >= 0.6 is 0 Å². The van der Waals surface area contributed by atoms with E-state index in [1.807, 2.05) is 6.92 Å². The van der Waals surface area contributed by atoms with Crippen molar-refractivity contribution in [3.05, 3.63) is 0 Å². The summed E-state index contributed by atoms with van der Waals surface area (Å²) in [5, 5.41) is 0. The number of ether oxygens (including phenoxy) is 2. The lowest BCUT2D eigenvalue weighted by atomic mass is 9.91. The van der Waals surface area contributed by atoms with E-state index in [9.17, 15) is 4.79 Å². The zero-order chi connectivity index (χ0) is 10.0. The quantitative estimate of drug-likeness (QED) is 0.585. The van der Waals surface area contributed by atoms with Crippen LogP contribution in [0.1, 0.15) is 34.1 Å². The van der Waals surface area contributed by atoms with Crippen LogP contribution in [0.4, 0.5) is 0 Å². The van der Waals surface area contributed by atoms with Gasteiger partial charge in [0.2, 0.25) is 0 Å². The molecule has 0 aromatic carbocycles. The minimum Gasteiger partial charge on any atom is -0.460 e. The Labute approximate surface area is 79.4 Å². The summed E-state index contributed by atoms with van der Waals surface area (Å²) >= 11 is 0. The molecule has 13 heavy (non-hydrogen) atoms. The van der Waals surface area contributed by atoms with Gasteiger partial charge in [-0.25, -0.2) is 0 Å². The van der Waals surface area contributed by atoms with E-state index in [0.29, 0.717) is 5.92 Å². The van der Waals surface area contributed by atoms with Crippen molar-refractivity contribution in [1.82, 2.24) is 0 Å². The van der Waals surface area contributed by atoms with Crippen molar-refractivity contribution in [2.24, 2.45) is 5.92 Å². The van der Waals surface area contributed by atoms with Crippen LogP contribution in [0.5, 0.6) is 0 Å². The van der Waals surface area contributed by atoms with Gasteiger partial charge in [-0.2, -0.15) is 0 Å². The van der Waals surface area contributed by atoms with Crippen molar-refractivity contribution in [2.45, 2.75) is 52.4 Å². The van der Waals surface area contributed by atoms with Gasteiger partial charge < -0.3 is 9.47 Å². The summed E-state index contributed by atoms with van der Waals surface area (Å²) in [7, 11) is 0. The molecule has 4 atom stereocenters. The Morgan fingerprint density at radius 1 is 1.38 bits per heavy atom. The van der Waals surface area contributed by atoms with E-state index in [1.54, 1.807) is 0 Å². The van der Waals surface area contributed by atoms with E-state index in [-0.39, 0.29) is 24.3 Å². The first-order valence-electron chi connectivity index (χ1n) is 4.83. The van der Waals surface area contributed by atoms with Gasteiger partial charge >= 0.3 is 5.97 Å². The van der Waals surface area contributed by atoms with Gasteiger partial charge in [-0.15, -0.1) is 0 Å². The highest BCUT2D eigenvalue weighted by molar-refractivity contribution is 5.66. The predicted molar refractivity (Wildman–Crippen MR) is 49.3 cm³/mol. The molecular weight excluding hydrogens is 168 g/mol. The highest BCUT2D eigenvalue weighted by Crippen LogP contribution is 2.27. The highest BCUT2D eigenvalue weighted by Gasteiger charge is 2.34. The fraction of sp³-hybridized carbons (Fsp3) is 0.900. The van der Waals surface area contributed by atoms with E-state index in [2.05, 4.69) is 13.8 Å².